The Bertz CT molecular complexity index is 3470. The van der Waals surface area contributed by atoms with Crippen molar-refractivity contribution in [1.29, 1.82) is 0 Å². The molecule has 0 spiro atoms. The van der Waals surface area contributed by atoms with Crippen LogP contribution in [0.2, 0.25) is 0 Å². The predicted octanol–water partition coefficient (Wildman–Crippen LogP) is 12.3. The van der Waals surface area contributed by atoms with Gasteiger partial charge in [0, 0.05) is 61.0 Å². The zero-order chi connectivity index (χ0) is 36.0. The van der Waals surface area contributed by atoms with Crippen molar-refractivity contribution in [3.05, 3.63) is 170 Å². The number of para-hydroxylation sites is 4. The van der Waals surface area contributed by atoms with Crippen molar-refractivity contribution in [2.24, 2.45) is 0 Å². The van der Waals surface area contributed by atoms with E-state index >= 15 is 0 Å². The smallest absolute Gasteiger partial charge is 0.160 e. The third kappa shape index (κ3) is 4.35. The van der Waals surface area contributed by atoms with E-state index < -0.39 is 0 Å². The lowest BCUT2D eigenvalue weighted by atomic mass is 10.0. The van der Waals surface area contributed by atoms with Crippen LogP contribution in [0.3, 0.4) is 0 Å². The van der Waals surface area contributed by atoms with Crippen LogP contribution in [0.1, 0.15) is 0 Å². The molecule has 0 atom stereocenters. The van der Waals surface area contributed by atoms with Gasteiger partial charge < -0.3 is 9.13 Å². The lowest BCUT2D eigenvalue weighted by Gasteiger charge is -2.12. The Morgan fingerprint density at radius 1 is 0.473 bits per heavy atom. The number of thiophene rings is 1. The third-order valence-electron chi connectivity index (χ3n) is 10.9. The van der Waals surface area contributed by atoms with Crippen LogP contribution in [-0.2, 0) is 0 Å². The number of rotatable bonds is 4. The molecule has 0 aliphatic heterocycles. The molecule has 6 nitrogen and oxygen atoms in total. The minimum atomic E-state index is 0.700. The van der Waals surface area contributed by atoms with Gasteiger partial charge in [-0.2, -0.15) is 0 Å². The maximum atomic E-state index is 5.16. The summed E-state index contributed by atoms with van der Waals surface area (Å²) in [5, 5.41) is 7.03. The molecule has 0 aliphatic rings. The van der Waals surface area contributed by atoms with Crippen molar-refractivity contribution >= 4 is 86.2 Å². The van der Waals surface area contributed by atoms with Gasteiger partial charge in [0.05, 0.1) is 48.2 Å². The minimum absolute atomic E-state index is 0.700. The summed E-state index contributed by atoms with van der Waals surface area (Å²) in [5.41, 5.74) is 11.7. The van der Waals surface area contributed by atoms with E-state index in [4.69, 9.17) is 15.0 Å². The molecule has 12 rings (SSSR count). The van der Waals surface area contributed by atoms with Crippen LogP contribution in [0.4, 0.5) is 0 Å². The molecule has 7 aromatic carbocycles. The summed E-state index contributed by atoms with van der Waals surface area (Å²) in [7, 11) is 0. The normalized spacial score (nSPS) is 12.0. The standard InChI is InChI=1S/C48H28N6S/c1-3-13-29(14-4-1)43-33-17-7-10-20-36(33)51-48(52-43)30-23-25-32(26-24-30)54-38-22-12-9-19-35(38)41-45-40(42-44-39(27-49-28-50-44)55-47(42)46(41)54)34-18-8-11-21-37(34)53(45)31-15-5-2-6-16-31/h1-28H. The Morgan fingerprint density at radius 2 is 1.09 bits per heavy atom. The molecule has 0 amide bonds. The zero-order valence-electron chi connectivity index (χ0n) is 29.3. The highest BCUT2D eigenvalue weighted by atomic mass is 32.1. The maximum Gasteiger partial charge on any atom is 0.160 e. The number of nitrogens with zero attached hydrogens (tertiary/aromatic N) is 6. The largest absolute Gasteiger partial charge is 0.309 e. The van der Waals surface area contributed by atoms with Crippen molar-refractivity contribution in [2.75, 3.05) is 0 Å². The van der Waals surface area contributed by atoms with E-state index in [2.05, 4.69) is 154 Å². The van der Waals surface area contributed by atoms with Crippen molar-refractivity contribution in [2.45, 2.75) is 0 Å². The molecule has 12 aromatic rings. The van der Waals surface area contributed by atoms with Gasteiger partial charge >= 0.3 is 0 Å². The lowest BCUT2D eigenvalue weighted by molar-refractivity contribution is 1.18. The first-order valence-corrected chi connectivity index (χ1v) is 19.1. The summed E-state index contributed by atoms with van der Waals surface area (Å²) in [5.74, 6) is 0.700. The number of hydrogen-bond acceptors (Lipinski definition) is 5. The van der Waals surface area contributed by atoms with Gasteiger partial charge in [-0.05, 0) is 54.6 Å². The van der Waals surface area contributed by atoms with E-state index in [1.807, 2.05) is 24.4 Å². The highest BCUT2D eigenvalue weighted by molar-refractivity contribution is 7.26. The van der Waals surface area contributed by atoms with Gasteiger partial charge in [-0.3, -0.25) is 0 Å². The van der Waals surface area contributed by atoms with Crippen molar-refractivity contribution in [3.8, 4) is 34.0 Å². The Labute approximate surface area is 318 Å². The van der Waals surface area contributed by atoms with Crippen LogP contribution in [0, 0.1) is 0 Å². The molecular weight excluding hydrogens is 693 g/mol. The van der Waals surface area contributed by atoms with Gasteiger partial charge in [0.15, 0.2) is 5.82 Å². The number of fused-ring (bicyclic) bond motifs is 13. The zero-order valence-corrected chi connectivity index (χ0v) is 30.1. The summed E-state index contributed by atoms with van der Waals surface area (Å²) in [4.78, 5) is 19.6. The van der Waals surface area contributed by atoms with Gasteiger partial charge in [0.25, 0.3) is 0 Å². The number of hydrogen-bond donors (Lipinski definition) is 0. The van der Waals surface area contributed by atoms with Gasteiger partial charge in [0.2, 0.25) is 0 Å². The highest BCUT2D eigenvalue weighted by Gasteiger charge is 2.27. The molecule has 7 heteroatoms. The second-order valence-electron chi connectivity index (χ2n) is 13.9. The summed E-state index contributed by atoms with van der Waals surface area (Å²) in [6.07, 6.45) is 3.63. The molecule has 0 saturated carbocycles. The molecule has 256 valence electrons. The molecule has 0 aliphatic carbocycles. The first-order valence-electron chi connectivity index (χ1n) is 18.3. The average molecular weight is 721 g/mol. The van der Waals surface area contributed by atoms with Crippen LogP contribution >= 0.6 is 11.3 Å². The second kappa shape index (κ2) is 11.6. The van der Waals surface area contributed by atoms with Gasteiger partial charge in [-0.25, -0.2) is 19.9 Å². The average Bonchev–Trinajstić information content (AvgIpc) is 3.92. The summed E-state index contributed by atoms with van der Waals surface area (Å²) in [6, 6.07) is 55.6. The molecule has 0 radical (unpaired) electrons. The first-order chi connectivity index (χ1) is 27.3. The molecular formula is C48H28N6S. The fourth-order valence-electron chi connectivity index (χ4n) is 8.57. The van der Waals surface area contributed by atoms with Crippen molar-refractivity contribution in [1.82, 2.24) is 29.1 Å². The van der Waals surface area contributed by atoms with Gasteiger partial charge in [-0.1, -0.05) is 103 Å². The Morgan fingerprint density at radius 3 is 1.85 bits per heavy atom. The number of benzene rings is 7. The van der Waals surface area contributed by atoms with Crippen LogP contribution in [0.5, 0.6) is 0 Å². The van der Waals surface area contributed by atoms with Crippen LogP contribution in [0.25, 0.3) is 109 Å². The SMILES string of the molecule is c1ccc(-c2nc(-c3ccc(-n4c5ccccc5c5c4c4sc6cncnc6c4c4c6ccccc6n(-c6ccccc6)c45)cc3)nc3ccccc23)cc1. The monoisotopic (exact) mass is 720 g/mol. The van der Waals surface area contributed by atoms with Crippen LogP contribution in [0.15, 0.2) is 170 Å². The summed E-state index contributed by atoms with van der Waals surface area (Å²) in [6.45, 7) is 0. The fourth-order valence-corrected chi connectivity index (χ4v) is 9.74. The molecule has 0 bridgehead atoms. The molecule has 0 unspecified atom stereocenters. The molecule has 5 heterocycles. The predicted molar refractivity (Wildman–Crippen MR) is 228 cm³/mol. The van der Waals surface area contributed by atoms with Gasteiger partial charge in [-0.15, -0.1) is 11.3 Å². The van der Waals surface area contributed by atoms with Crippen molar-refractivity contribution in [3.63, 3.8) is 0 Å². The minimum Gasteiger partial charge on any atom is -0.309 e. The van der Waals surface area contributed by atoms with Crippen LogP contribution in [-0.4, -0.2) is 29.1 Å². The van der Waals surface area contributed by atoms with Crippen LogP contribution < -0.4 is 0 Å². The summed E-state index contributed by atoms with van der Waals surface area (Å²) >= 11 is 1.77. The molecule has 5 aromatic heterocycles. The van der Waals surface area contributed by atoms with E-state index in [1.54, 1.807) is 17.7 Å². The van der Waals surface area contributed by atoms with E-state index in [9.17, 15) is 0 Å². The van der Waals surface area contributed by atoms with Crippen molar-refractivity contribution < 1.29 is 0 Å². The van der Waals surface area contributed by atoms with E-state index in [0.717, 1.165) is 71.3 Å². The fraction of sp³-hybridized carbons (Fsp3) is 0. The summed E-state index contributed by atoms with van der Waals surface area (Å²) < 4.78 is 7.14. The second-order valence-corrected chi connectivity index (χ2v) is 14.9. The first kappa shape index (κ1) is 30.3. The van der Waals surface area contributed by atoms with E-state index in [-0.39, 0.29) is 0 Å². The highest BCUT2D eigenvalue weighted by Crippen LogP contribution is 2.50. The molecule has 0 saturated heterocycles. The van der Waals surface area contributed by atoms with E-state index in [0.29, 0.717) is 5.82 Å². The lowest BCUT2D eigenvalue weighted by Crippen LogP contribution is -1.97. The quantitative estimate of drug-likeness (QED) is 0.182. The number of aromatic nitrogens is 6. The molecule has 55 heavy (non-hydrogen) atoms. The molecule has 0 fully saturated rings. The maximum absolute atomic E-state index is 5.16. The topological polar surface area (TPSA) is 61.4 Å². The van der Waals surface area contributed by atoms with E-state index in [1.165, 1.54) is 31.8 Å². The third-order valence-corrected chi connectivity index (χ3v) is 12.0. The Hall–Kier alpha value is -7.22. The van der Waals surface area contributed by atoms with Gasteiger partial charge in [0.1, 0.15) is 6.33 Å². The Kier molecular flexibility index (Phi) is 6.40. The molecule has 0 N–H and O–H groups in total. The Balaban J connectivity index is 1.18.